The van der Waals surface area contributed by atoms with Gasteiger partial charge in [-0.05, 0) is 55.7 Å². The zero-order chi connectivity index (χ0) is 19.3. The second kappa shape index (κ2) is 8.79. The van der Waals surface area contributed by atoms with Crippen LogP contribution in [-0.2, 0) is 14.8 Å². The van der Waals surface area contributed by atoms with Crippen molar-refractivity contribution in [3.05, 3.63) is 58.1 Å². The summed E-state index contributed by atoms with van der Waals surface area (Å²) >= 11 is 3.38. The van der Waals surface area contributed by atoms with Crippen molar-refractivity contribution >= 4 is 37.5 Å². The van der Waals surface area contributed by atoms with Gasteiger partial charge in [0.05, 0.1) is 11.4 Å². The number of carbonyl (C=O) groups excluding carboxylic acids is 1. The molecule has 2 aromatic rings. The predicted molar refractivity (Wildman–Crippen MR) is 108 cm³/mol. The Kier molecular flexibility index (Phi) is 6.97. The summed E-state index contributed by atoms with van der Waals surface area (Å²) in [5.41, 5.74) is 2.44. The molecule has 1 N–H and O–H groups in total. The van der Waals surface area contributed by atoms with Crippen LogP contribution < -0.4 is 5.32 Å². The number of halogens is 1. The number of hydrogen-bond acceptors (Lipinski definition) is 3. The normalized spacial score (nSPS) is 11.6. The molecule has 0 spiro atoms. The standard InChI is InChI=1S/C19H23BrN2O3S/c1-4-11-22(13-19(23)21-18-8-6-5-7-14(18)2)26(24,25)16-9-10-17(20)15(3)12-16/h5-10,12H,4,11,13H2,1-3H3,(H,21,23). The average molecular weight is 439 g/mol. The topological polar surface area (TPSA) is 66.5 Å². The molecule has 140 valence electrons. The molecule has 26 heavy (non-hydrogen) atoms. The smallest absolute Gasteiger partial charge is 0.243 e. The van der Waals surface area contributed by atoms with E-state index in [4.69, 9.17) is 0 Å². The third kappa shape index (κ3) is 4.93. The average Bonchev–Trinajstić information content (AvgIpc) is 2.59. The maximum atomic E-state index is 13.0. The van der Waals surface area contributed by atoms with E-state index in [0.29, 0.717) is 12.1 Å². The molecule has 2 rings (SSSR count). The number of nitrogens with zero attached hydrogens (tertiary/aromatic N) is 1. The molecule has 2 aromatic carbocycles. The van der Waals surface area contributed by atoms with Crippen LogP contribution >= 0.6 is 15.9 Å². The lowest BCUT2D eigenvalue weighted by Gasteiger charge is -2.22. The number of benzene rings is 2. The number of amides is 1. The van der Waals surface area contributed by atoms with Gasteiger partial charge in [0.1, 0.15) is 0 Å². The molecule has 5 nitrogen and oxygen atoms in total. The summed E-state index contributed by atoms with van der Waals surface area (Å²) in [6.45, 7) is 5.66. The lowest BCUT2D eigenvalue weighted by Crippen LogP contribution is -2.38. The Morgan fingerprint density at radius 1 is 1.12 bits per heavy atom. The minimum atomic E-state index is -3.75. The third-order valence-corrected chi connectivity index (χ3v) is 6.71. The van der Waals surface area contributed by atoms with Gasteiger partial charge in [-0.2, -0.15) is 4.31 Å². The Morgan fingerprint density at radius 3 is 2.42 bits per heavy atom. The maximum absolute atomic E-state index is 13.0. The van der Waals surface area contributed by atoms with E-state index in [1.807, 2.05) is 39.0 Å². The van der Waals surface area contributed by atoms with Crippen LogP contribution in [0.5, 0.6) is 0 Å². The summed E-state index contributed by atoms with van der Waals surface area (Å²) in [7, 11) is -3.75. The largest absolute Gasteiger partial charge is 0.325 e. The summed E-state index contributed by atoms with van der Waals surface area (Å²) < 4.78 is 28.0. The quantitative estimate of drug-likeness (QED) is 0.706. The third-order valence-electron chi connectivity index (χ3n) is 3.98. The summed E-state index contributed by atoms with van der Waals surface area (Å²) in [5, 5.41) is 2.79. The molecule has 0 heterocycles. The van der Waals surface area contributed by atoms with Crippen molar-refractivity contribution in [2.24, 2.45) is 0 Å². The van der Waals surface area contributed by atoms with Crippen molar-refractivity contribution < 1.29 is 13.2 Å². The summed E-state index contributed by atoms with van der Waals surface area (Å²) in [5.74, 6) is -0.356. The van der Waals surface area contributed by atoms with Crippen LogP contribution in [0.2, 0.25) is 0 Å². The number of anilines is 1. The van der Waals surface area contributed by atoms with E-state index in [2.05, 4.69) is 21.2 Å². The maximum Gasteiger partial charge on any atom is 0.243 e. The predicted octanol–water partition coefficient (Wildman–Crippen LogP) is 4.11. The van der Waals surface area contributed by atoms with Gasteiger partial charge in [0, 0.05) is 16.7 Å². The molecular weight excluding hydrogens is 416 g/mol. The number of aryl methyl sites for hydroxylation is 2. The zero-order valence-corrected chi connectivity index (χ0v) is 17.5. The molecule has 0 aliphatic heterocycles. The van der Waals surface area contributed by atoms with Gasteiger partial charge in [-0.3, -0.25) is 4.79 Å². The lowest BCUT2D eigenvalue weighted by atomic mass is 10.2. The molecular formula is C19H23BrN2O3S. The van der Waals surface area contributed by atoms with Gasteiger partial charge < -0.3 is 5.32 Å². The molecule has 0 atom stereocenters. The second-order valence-corrected chi connectivity index (χ2v) is 8.90. The van der Waals surface area contributed by atoms with Crippen molar-refractivity contribution in [1.82, 2.24) is 4.31 Å². The first kappa shape index (κ1) is 20.6. The van der Waals surface area contributed by atoms with Gasteiger partial charge in [-0.25, -0.2) is 8.42 Å². The first-order valence-corrected chi connectivity index (χ1v) is 10.6. The van der Waals surface area contributed by atoms with Gasteiger partial charge in [0.15, 0.2) is 0 Å². The molecule has 1 amide bonds. The van der Waals surface area contributed by atoms with Crippen LogP contribution in [0.3, 0.4) is 0 Å². The highest BCUT2D eigenvalue weighted by Gasteiger charge is 2.26. The van der Waals surface area contributed by atoms with E-state index in [0.717, 1.165) is 15.6 Å². The second-order valence-electron chi connectivity index (χ2n) is 6.11. The fraction of sp³-hybridized carbons (Fsp3) is 0.316. The number of nitrogens with one attached hydrogen (secondary N) is 1. The van der Waals surface area contributed by atoms with Crippen molar-refractivity contribution in [3.63, 3.8) is 0 Å². The molecule has 0 aromatic heterocycles. The van der Waals surface area contributed by atoms with Gasteiger partial charge >= 0.3 is 0 Å². The highest BCUT2D eigenvalue weighted by atomic mass is 79.9. The van der Waals surface area contributed by atoms with E-state index < -0.39 is 10.0 Å². The Bertz CT molecular complexity index is 897. The van der Waals surface area contributed by atoms with E-state index in [-0.39, 0.29) is 23.9 Å². The van der Waals surface area contributed by atoms with E-state index in [1.165, 1.54) is 4.31 Å². The van der Waals surface area contributed by atoms with Crippen molar-refractivity contribution in [1.29, 1.82) is 0 Å². The zero-order valence-electron chi connectivity index (χ0n) is 15.1. The number of carbonyl (C=O) groups is 1. The SMILES string of the molecule is CCCN(CC(=O)Nc1ccccc1C)S(=O)(=O)c1ccc(Br)c(C)c1. The van der Waals surface area contributed by atoms with Crippen molar-refractivity contribution in [2.75, 3.05) is 18.4 Å². The molecule has 0 radical (unpaired) electrons. The minimum Gasteiger partial charge on any atom is -0.325 e. The molecule has 0 aliphatic carbocycles. The van der Waals surface area contributed by atoms with E-state index >= 15 is 0 Å². The summed E-state index contributed by atoms with van der Waals surface area (Å²) in [6.07, 6.45) is 0.617. The molecule has 0 fully saturated rings. The molecule has 0 saturated carbocycles. The van der Waals surface area contributed by atoms with Gasteiger partial charge in [-0.1, -0.05) is 41.1 Å². The lowest BCUT2D eigenvalue weighted by molar-refractivity contribution is -0.116. The van der Waals surface area contributed by atoms with Crippen LogP contribution in [0.25, 0.3) is 0 Å². The Morgan fingerprint density at radius 2 is 1.81 bits per heavy atom. The van der Waals surface area contributed by atoms with E-state index in [1.54, 1.807) is 24.3 Å². The summed E-state index contributed by atoms with van der Waals surface area (Å²) in [4.78, 5) is 12.6. The van der Waals surface area contributed by atoms with Crippen LogP contribution in [0.15, 0.2) is 51.8 Å². The first-order chi connectivity index (χ1) is 12.3. The highest BCUT2D eigenvalue weighted by molar-refractivity contribution is 9.10. The van der Waals surface area contributed by atoms with Crippen LogP contribution in [0, 0.1) is 13.8 Å². The number of para-hydroxylation sites is 1. The Balaban J connectivity index is 2.22. The Hall–Kier alpha value is -1.70. The number of rotatable bonds is 7. The van der Waals surface area contributed by atoms with Crippen LogP contribution in [0.1, 0.15) is 24.5 Å². The first-order valence-electron chi connectivity index (χ1n) is 8.37. The number of hydrogen-bond donors (Lipinski definition) is 1. The van der Waals surface area contributed by atoms with Crippen molar-refractivity contribution in [2.45, 2.75) is 32.1 Å². The molecule has 0 unspecified atom stereocenters. The highest BCUT2D eigenvalue weighted by Crippen LogP contribution is 2.23. The molecule has 7 heteroatoms. The Labute approximate surface area is 163 Å². The van der Waals surface area contributed by atoms with Crippen LogP contribution in [0.4, 0.5) is 5.69 Å². The van der Waals surface area contributed by atoms with Gasteiger partial charge in [0.25, 0.3) is 0 Å². The van der Waals surface area contributed by atoms with Crippen LogP contribution in [-0.4, -0.2) is 31.7 Å². The van der Waals surface area contributed by atoms with Crippen molar-refractivity contribution in [3.8, 4) is 0 Å². The summed E-state index contributed by atoms with van der Waals surface area (Å²) in [6, 6.07) is 12.3. The number of sulfonamides is 1. The van der Waals surface area contributed by atoms with Gasteiger partial charge in [0.2, 0.25) is 15.9 Å². The molecule has 0 bridgehead atoms. The molecule has 0 aliphatic rings. The minimum absolute atomic E-state index is 0.190. The van der Waals surface area contributed by atoms with E-state index in [9.17, 15) is 13.2 Å². The fourth-order valence-electron chi connectivity index (χ4n) is 2.52. The molecule has 0 saturated heterocycles. The fourth-order valence-corrected chi connectivity index (χ4v) is 4.34. The van der Waals surface area contributed by atoms with Gasteiger partial charge in [-0.15, -0.1) is 0 Å². The monoisotopic (exact) mass is 438 g/mol.